The summed E-state index contributed by atoms with van der Waals surface area (Å²) >= 11 is 1.19. The van der Waals surface area contributed by atoms with Crippen molar-refractivity contribution in [1.82, 2.24) is 9.46 Å². The van der Waals surface area contributed by atoms with Gasteiger partial charge in [0.25, 0.3) is 10.0 Å². The molecule has 1 aromatic carbocycles. The predicted octanol–water partition coefficient (Wildman–Crippen LogP) is 3.73. The minimum absolute atomic E-state index is 0.293. The van der Waals surface area contributed by atoms with Crippen LogP contribution in [0, 0.1) is 0 Å². The first-order valence-corrected chi connectivity index (χ1v) is 11.0. The Hall–Kier alpha value is -2.36. The maximum Gasteiger partial charge on any atom is 0.253 e. The van der Waals surface area contributed by atoms with Gasteiger partial charge in [-0.25, -0.2) is 8.42 Å². The fraction of sp³-hybridized carbons (Fsp3) is 0.316. The van der Waals surface area contributed by atoms with Crippen LogP contribution in [0.3, 0.4) is 0 Å². The predicted molar refractivity (Wildman–Crippen MR) is 105 cm³/mol. The monoisotopic (exact) mass is 420 g/mol. The molecule has 7 nitrogen and oxygen atoms in total. The van der Waals surface area contributed by atoms with E-state index in [0.717, 1.165) is 16.0 Å². The minimum Gasteiger partial charge on any atom is -0.493 e. The van der Waals surface area contributed by atoms with Gasteiger partial charge < -0.3 is 14.0 Å². The molecule has 28 heavy (non-hydrogen) atoms. The second-order valence-corrected chi connectivity index (χ2v) is 9.65. The van der Waals surface area contributed by atoms with Crippen LogP contribution in [0.25, 0.3) is 10.6 Å². The molecule has 0 aliphatic carbocycles. The van der Waals surface area contributed by atoms with Gasteiger partial charge in [-0.05, 0) is 48.7 Å². The SMILES string of the molecule is COc1cc2c(cc1OC)[C@@H](C)N(S(=O)(=O)c1ccc(-c3ccon3)s1)CC2. The van der Waals surface area contributed by atoms with Crippen molar-refractivity contribution in [2.75, 3.05) is 20.8 Å². The Kier molecular flexibility index (Phi) is 4.90. The molecule has 0 saturated heterocycles. The van der Waals surface area contributed by atoms with E-state index < -0.39 is 10.0 Å². The van der Waals surface area contributed by atoms with Crippen LogP contribution >= 0.6 is 11.3 Å². The lowest BCUT2D eigenvalue weighted by molar-refractivity contribution is 0.319. The molecule has 3 aromatic rings. The van der Waals surface area contributed by atoms with Crippen molar-refractivity contribution in [3.05, 3.63) is 47.7 Å². The van der Waals surface area contributed by atoms with Crippen LogP contribution in [-0.4, -0.2) is 38.6 Å². The molecular weight excluding hydrogens is 400 g/mol. The summed E-state index contributed by atoms with van der Waals surface area (Å²) in [6.45, 7) is 2.30. The first-order valence-electron chi connectivity index (χ1n) is 8.73. The van der Waals surface area contributed by atoms with Crippen LogP contribution < -0.4 is 9.47 Å². The van der Waals surface area contributed by atoms with Crippen molar-refractivity contribution in [3.63, 3.8) is 0 Å². The van der Waals surface area contributed by atoms with Crippen molar-refractivity contribution in [1.29, 1.82) is 0 Å². The molecule has 0 amide bonds. The normalized spacial score (nSPS) is 17.3. The zero-order chi connectivity index (χ0) is 19.9. The number of sulfonamides is 1. The zero-order valence-electron chi connectivity index (χ0n) is 15.7. The average molecular weight is 421 g/mol. The third-order valence-corrected chi connectivity index (χ3v) is 8.51. The lowest BCUT2D eigenvalue weighted by Gasteiger charge is -2.34. The van der Waals surface area contributed by atoms with E-state index in [0.29, 0.717) is 34.4 Å². The van der Waals surface area contributed by atoms with Crippen molar-refractivity contribution in [2.24, 2.45) is 0 Å². The summed E-state index contributed by atoms with van der Waals surface area (Å²) in [5, 5.41) is 3.88. The van der Waals surface area contributed by atoms with Crippen LogP contribution in [0.5, 0.6) is 11.5 Å². The highest BCUT2D eigenvalue weighted by atomic mass is 32.2. The summed E-state index contributed by atoms with van der Waals surface area (Å²) in [7, 11) is -0.472. The van der Waals surface area contributed by atoms with Crippen LogP contribution in [0.2, 0.25) is 0 Å². The fourth-order valence-corrected chi connectivity index (χ4v) is 6.51. The molecule has 148 valence electrons. The van der Waals surface area contributed by atoms with Gasteiger partial charge in [0.15, 0.2) is 11.5 Å². The molecule has 3 heterocycles. The standard InChI is InChI=1S/C19H20N2O5S2/c1-12-14-11-17(25-3)16(24-2)10-13(14)6-8-21(12)28(22,23)19-5-4-18(27-19)15-7-9-26-20-15/h4-5,7,9-12H,6,8H2,1-3H3/t12-/m1/s1. The summed E-state index contributed by atoms with van der Waals surface area (Å²) in [6, 6.07) is 8.58. The second-order valence-electron chi connectivity index (χ2n) is 6.45. The number of methoxy groups -OCH3 is 2. The van der Waals surface area contributed by atoms with Crippen molar-refractivity contribution in [2.45, 2.75) is 23.6 Å². The summed E-state index contributed by atoms with van der Waals surface area (Å²) in [5.41, 5.74) is 2.63. The Morgan fingerprint density at radius 2 is 1.93 bits per heavy atom. The molecule has 0 N–H and O–H groups in total. The maximum atomic E-state index is 13.3. The van der Waals surface area contributed by atoms with E-state index >= 15 is 0 Å². The van der Waals surface area contributed by atoms with Gasteiger partial charge >= 0.3 is 0 Å². The van der Waals surface area contributed by atoms with Gasteiger partial charge in [0.2, 0.25) is 0 Å². The largest absolute Gasteiger partial charge is 0.493 e. The van der Waals surface area contributed by atoms with Gasteiger partial charge in [-0.1, -0.05) is 5.16 Å². The van der Waals surface area contributed by atoms with Crippen LogP contribution in [0.15, 0.2) is 45.3 Å². The van der Waals surface area contributed by atoms with E-state index in [-0.39, 0.29) is 6.04 Å². The Morgan fingerprint density at radius 1 is 1.18 bits per heavy atom. The summed E-state index contributed by atoms with van der Waals surface area (Å²) in [4.78, 5) is 0.754. The maximum absolute atomic E-state index is 13.3. The number of thiophene rings is 1. The molecule has 1 atom stereocenters. The summed E-state index contributed by atoms with van der Waals surface area (Å²) < 4.78 is 44.1. The smallest absolute Gasteiger partial charge is 0.253 e. The highest BCUT2D eigenvalue weighted by molar-refractivity contribution is 7.91. The quantitative estimate of drug-likeness (QED) is 0.626. The number of hydrogen-bond donors (Lipinski definition) is 0. The molecule has 0 radical (unpaired) electrons. The van der Waals surface area contributed by atoms with E-state index in [4.69, 9.17) is 14.0 Å². The molecule has 1 aliphatic rings. The van der Waals surface area contributed by atoms with Gasteiger partial charge in [-0.2, -0.15) is 4.31 Å². The second kappa shape index (κ2) is 7.23. The Morgan fingerprint density at radius 3 is 2.61 bits per heavy atom. The summed E-state index contributed by atoms with van der Waals surface area (Å²) in [6.07, 6.45) is 2.08. The molecule has 1 aliphatic heterocycles. The van der Waals surface area contributed by atoms with Crippen molar-refractivity contribution in [3.8, 4) is 22.1 Å². The van der Waals surface area contributed by atoms with E-state index in [9.17, 15) is 8.42 Å². The van der Waals surface area contributed by atoms with E-state index in [1.807, 2.05) is 19.1 Å². The molecule has 2 aromatic heterocycles. The molecule has 9 heteroatoms. The topological polar surface area (TPSA) is 81.9 Å². The lowest BCUT2D eigenvalue weighted by Crippen LogP contribution is -2.38. The third-order valence-electron chi connectivity index (χ3n) is 4.96. The molecule has 0 bridgehead atoms. The zero-order valence-corrected chi connectivity index (χ0v) is 17.3. The number of aromatic nitrogens is 1. The average Bonchev–Trinajstić information content (AvgIpc) is 3.38. The number of ether oxygens (including phenoxy) is 2. The highest BCUT2D eigenvalue weighted by Crippen LogP contribution is 2.41. The number of benzene rings is 1. The van der Waals surface area contributed by atoms with E-state index in [1.165, 1.54) is 17.6 Å². The molecule has 0 unspecified atom stereocenters. The third kappa shape index (κ3) is 3.09. The van der Waals surface area contributed by atoms with Gasteiger partial charge in [0.05, 0.1) is 19.1 Å². The Bertz CT molecular complexity index is 1090. The molecule has 0 fully saturated rings. The van der Waals surface area contributed by atoms with Gasteiger partial charge in [-0.15, -0.1) is 11.3 Å². The van der Waals surface area contributed by atoms with Crippen LogP contribution in [-0.2, 0) is 16.4 Å². The van der Waals surface area contributed by atoms with Crippen LogP contribution in [0.1, 0.15) is 24.1 Å². The lowest BCUT2D eigenvalue weighted by atomic mass is 9.94. The van der Waals surface area contributed by atoms with Crippen molar-refractivity contribution < 1.29 is 22.4 Å². The summed E-state index contributed by atoms with van der Waals surface area (Å²) in [5.74, 6) is 1.25. The Balaban J connectivity index is 1.68. The Labute approximate surface area is 167 Å². The molecule has 0 saturated carbocycles. The van der Waals surface area contributed by atoms with Gasteiger partial charge in [0, 0.05) is 18.7 Å². The first kappa shape index (κ1) is 19.0. The fourth-order valence-electron chi connectivity index (χ4n) is 3.50. The van der Waals surface area contributed by atoms with E-state index in [1.54, 1.807) is 36.7 Å². The number of rotatable bonds is 5. The molecular formula is C19H20N2O5S2. The minimum atomic E-state index is -3.64. The number of fused-ring (bicyclic) bond motifs is 1. The highest BCUT2D eigenvalue weighted by Gasteiger charge is 2.35. The van der Waals surface area contributed by atoms with Gasteiger partial charge in [-0.3, -0.25) is 0 Å². The van der Waals surface area contributed by atoms with Crippen molar-refractivity contribution >= 4 is 21.4 Å². The van der Waals surface area contributed by atoms with Crippen LogP contribution in [0.4, 0.5) is 0 Å². The number of nitrogens with zero attached hydrogens (tertiary/aromatic N) is 2. The molecule has 4 rings (SSSR count). The first-order chi connectivity index (χ1) is 13.5. The number of hydrogen-bond acceptors (Lipinski definition) is 7. The van der Waals surface area contributed by atoms with Gasteiger partial charge in [0.1, 0.15) is 16.2 Å². The molecule has 0 spiro atoms. The van der Waals surface area contributed by atoms with E-state index in [2.05, 4.69) is 5.16 Å².